The van der Waals surface area contributed by atoms with Gasteiger partial charge in [0.05, 0.1) is 24.0 Å². The second-order valence-electron chi connectivity index (χ2n) is 5.51. The van der Waals surface area contributed by atoms with Gasteiger partial charge in [0.15, 0.2) is 0 Å². The van der Waals surface area contributed by atoms with E-state index in [0.717, 1.165) is 11.3 Å². The third kappa shape index (κ3) is 4.15. The normalized spacial score (nSPS) is 10.0. The lowest BCUT2D eigenvalue weighted by Gasteiger charge is -2.09. The first kappa shape index (κ1) is 17.4. The number of amides is 1. The number of hydrogen-bond acceptors (Lipinski definition) is 5. The van der Waals surface area contributed by atoms with E-state index < -0.39 is 0 Å². The van der Waals surface area contributed by atoms with E-state index in [1.807, 2.05) is 6.92 Å². The van der Waals surface area contributed by atoms with Crippen LogP contribution in [0.4, 0.5) is 17.2 Å². The first-order chi connectivity index (χ1) is 12.5. The summed E-state index contributed by atoms with van der Waals surface area (Å²) >= 11 is 5.91. The fraction of sp³-hybridized carbons (Fsp3) is 0.0526. The first-order valence-corrected chi connectivity index (χ1v) is 8.10. The summed E-state index contributed by atoms with van der Waals surface area (Å²) in [6.45, 7) is 1.86. The lowest BCUT2D eigenvalue weighted by Crippen LogP contribution is -2.15. The van der Waals surface area contributed by atoms with Gasteiger partial charge in [-0.2, -0.15) is 5.26 Å². The van der Waals surface area contributed by atoms with Crippen LogP contribution in [-0.4, -0.2) is 15.9 Å². The zero-order valence-electron chi connectivity index (χ0n) is 13.8. The van der Waals surface area contributed by atoms with E-state index in [1.54, 1.807) is 42.5 Å². The van der Waals surface area contributed by atoms with Crippen molar-refractivity contribution < 1.29 is 4.79 Å². The van der Waals surface area contributed by atoms with Crippen molar-refractivity contribution in [2.45, 2.75) is 6.92 Å². The number of carbonyl (C=O) groups excluding carboxylic acids is 1. The monoisotopic (exact) mass is 363 g/mol. The molecule has 3 aromatic rings. The molecule has 0 saturated carbocycles. The van der Waals surface area contributed by atoms with Crippen molar-refractivity contribution in [3.63, 3.8) is 0 Å². The molecule has 0 aliphatic carbocycles. The van der Waals surface area contributed by atoms with Gasteiger partial charge in [0, 0.05) is 16.4 Å². The Morgan fingerprint density at radius 3 is 2.50 bits per heavy atom. The third-order valence-corrected chi connectivity index (χ3v) is 3.84. The molecule has 0 unspecified atom stereocenters. The fourth-order valence-corrected chi connectivity index (χ4v) is 2.47. The van der Waals surface area contributed by atoms with Gasteiger partial charge < -0.3 is 10.6 Å². The molecule has 0 bridgehead atoms. The fourth-order valence-electron chi connectivity index (χ4n) is 2.24. The number of carbonyl (C=O) groups is 1. The topological polar surface area (TPSA) is 90.7 Å². The SMILES string of the molecule is Cc1cc(Cl)ccc1NC(=O)c1cnc(Nc2ccc(C#N)cc2)cn1. The van der Waals surface area contributed by atoms with E-state index >= 15 is 0 Å². The smallest absolute Gasteiger partial charge is 0.275 e. The number of anilines is 3. The van der Waals surface area contributed by atoms with Gasteiger partial charge in [0.1, 0.15) is 11.5 Å². The van der Waals surface area contributed by atoms with Crippen molar-refractivity contribution >= 4 is 34.7 Å². The molecule has 0 saturated heterocycles. The highest BCUT2D eigenvalue weighted by atomic mass is 35.5. The average Bonchev–Trinajstić information content (AvgIpc) is 2.65. The molecule has 128 valence electrons. The van der Waals surface area contributed by atoms with Crippen molar-refractivity contribution in [1.29, 1.82) is 5.26 Å². The number of nitriles is 1. The number of nitrogens with one attached hydrogen (secondary N) is 2. The minimum absolute atomic E-state index is 0.199. The van der Waals surface area contributed by atoms with Gasteiger partial charge in [-0.05, 0) is 55.0 Å². The Hall–Kier alpha value is -3.43. The molecule has 7 heteroatoms. The summed E-state index contributed by atoms with van der Waals surface area (Å²) < 4.78 is 0. The van der Waals surface area contributed by atoms with Crippen LogP contribution in [0, 0.1) is 18.3 Å². The molecule has 3 rings (SSSR count). The molecule has 1 aromatic heterocycles. The Kier molecular flexibility index (Phi) is 5.11. The Morgan fingerprint density at radius 1 is 1.12 bits per heavy atom. The molecule has 1 amide bonds. The zero-order valence-corrected chi connectivity index (χ0v) is 14.6. The summed E-state index contributed by atoms with van der Waals surface area (Å²) in [5.74, 6) is 0.141. The summed E-state index contributed by atoms with van der Waals surface area (Å²) in [6, 6.07) is 14.2. The van der Waals surface area contributed by atoms with Crippen molar-refractivity contribution in [1.82, 2.24) is 9.97 Å². The molecule has 0 radical (unpaired) electrons. The maximum Gasteiger partial charge on any atom is 0.275 e. The molecule has 2 aromatic carbocycles. The van der Waals surface area contributed by atoms with Crippen molar-refractivity contribution in [2.24, 2.45) is 0 Å². The minimum atomic E-state index is -0.354. The number of aryl methyl sites for hydroxylation is 1. The van der Waals surface area contributed by atoms with Gasteiger partial charge in [-0.15, -0.1) is 0 Å². The number of benzene rings is 2. The van der Waals surface area contributed by atoms with Crippen LogP contribution in [0.15, 0.2) is 54.9 Å². The van der Waals surface area contributed by atoms with E-state index in [1.165, 1.54) is 12.4 Å². The highest BCUT2D eigenvalue weighted by molar-refractivity contribution is 6.30. The first-order valence-electron chi connectivity index (χ1n) is 7.72. The summed E-state index contributed by atoms with van der Waals surface area (Å²) in [5.41, 5.74) is 3.07. The second-order valence-corrected chi connectivity index (χ2v) is 5.95. The lowest BCUT2D eigenvalue weighted by atomic mass is 10.2. The molecule has 0 spiro atoms. The number of nitrogens with zero attached hydrogens (tertiary/aromatic N) is 3. The van der Waals surface area contributed by atoms with Crippen LogP contribution in [0.25, 0.3) is 0 Å². The maximum absolute atomic E-state index is 12.3. The quantitative estimate of drug-likeness (QED) is 0.720. The summed E-state index contributed by atoms with van der Waals surface area (Å²) in [6.07, 6.45) is 2.87. The van der Waals surface area contributed by atoms with E-state index in [0.29, 0.717) is 22.1 Å². The Labute approximate surface area is 155 Å². The van der Waals surface area contributed by atoms with Crippen LogP contribution in [0.1, 0.15) is 21.6 Å². The predicted molar refractivity (Wildman–Crippen MR) is 101 cm³/mol. The Balaban J connectivity index is 1.68. The standard InChI is InChI=1S/C19H14ClN5O/c1-12-8-14(20)4-7-16(12)25-19(26)17-10-23-18(11-22-17)24-15-5-2-13(9-21)3-6-15/h2-8,10-11H,1H3,(H,23,24)(H,25,26). The van der Waals surface area contributed by atoms with Crippen molar-refractivity contribution in [3.8, 4) is 6.07 Å². The zero-order chi connectivity index (χ0) is 18.5. The van der Waals surface area contributed by atoms with Crippen LogP contribution in [0.5, 0.6) is 0 Å². The van der Waals surface area contributed by atoms with Crippen molar-refractivity contribution in [3.05, 3.63) is 76.7 Å². The molecule has 26 heavy (non-hydrogen) atoms. The van der Waals surface area contributed by atoms with Gasteiger partial charge in [-0.3, -0.25) is 4.79 Å². The molecule has 0 atom stereocenters. The Bertz CT molecular complexity index is 978. The predicted octanol–water partition coefficient (Wildman–Crippen LogP) is 4.31. The van der Waals surface area contributed by atoms with Crippen molar-refractivity contribution in [2.75, 3.05) is 10.6 Å². The lowest BCUT2D eigenvalue weighted by molar-refractivity contribution is 0.102. The molecule has 0 fully saturated rings. The van der Waals surface area contributed by atoms with E-state index in [2.05, 4.69) is 26.7 Å². The molecule has 1 heterocycles. The summed E-state index contributed by atoms with van der Waals surface area (Å²) in [5, 5.41) is 15.3. The second kappa shape index (κ2) is 7.64. The van der Waals surface area contributed by atoms with Crippen LogP contribution >= 0.6 is 11.6 Å². The molecule has 0 aliphatic rings. The van der Waals surface area contributed by atoms with Gasteiger partial charge in [0.25, 0.3) is 5.91 Å². The van der Waals surface area contributed by atoms with E-state index in [4.69, 9.17) is 16.9 Å². The van der Waals surface area contributed by atoms with Crippen LogP contribution in [0.3, 0.4) is 0 Å². The molecule has 6 nitrogen and oxygen atoms in total. The van der Waals surface area contributed by atoms with Crippen LogP contribution in [0.2, 0.25) is 5.02 Å². The number of rotatable bonds is 4. The van der Waals surface area contributed by atoms with E-state index in [-0.39, 0.29) is 11.6 Å². The van der Waals surface area contributed by atoms with Gasteiger partial charge in [-0.25, -0.2) is 9.97 Å². The van der Waals surface area contributed by atoms with Crippen LogP contribution < -0.4 is 10.6 Å². The Morgan fingerprint density at radius 2 is 1.88 bits per heavy atom. The van der Waals surface area contributed by atoms with Gasteiger partial charge in [-0.1, -0.05) is 11.6 Å². The summed E-state index contributed by atoms with van der Waals surface area (Å²) in [4.78, 5) is 20.6. The molecular weight excluding hydrogens is 350 g/mol. The number of aromatic nitrogens is 2. The number of hydrogen-bond donors (Lipinski definition) is 2. The van der Waals surface area contributed by atoms with Gasteiger partial charge >= 0.3 is 0 Å². The molecule has 0 aliphatic heterocycles. The minimum Gasteiger partial charge on any atom is -0.339 e. The highest BCUT2D eigenvalue weighted by Crippen LogP contribution is 2.20. The molecular formula is C19H14ClN5O. The average molecular weight is 364 g/mol. The third-order valence-electron chi connectivity index (χ3n) is 3.61. The van der Waals surface area contributed by atoms with Gasteiger partial charge in [0.2, 0.25) is 0 Å². The maximum atomic E-state index is 12.3. The highest BCUT2D eigenvalue weighted by Gasteiger charge is 2.10. The summed E-state index contributed by atoms with van der Waals surface area (Å²) in [7, 11) is 0. The molecule has 2 N–H and O–H groups in total. The van der Waals surface area contributed by atoms with E-state index in [9.17, 15) is 4.79 Å². The largest absolute Gasteiger partial charge is 0.339 e. The number of halogens is 1. The van der Waals surface area contributed by atoms with Crippen LogP contribution in [-0.2, 0) is 0 Å².